The zero-order chi connectivity index (χ0) is 29.1. The van der Waals surface area contributed by atoms with E-state index < -0.39 is 29.8 Å². The molecule has 0 aliphatic heterocycles. The predicted molar refractivity (Wildman–Crippen MR) is 159 cm³/mol. The molecular weight excluding hydrogens is 524 g/mol. The number of aromatic nitrogens is 1. The smallest absolute Gasteiger partial charge is 0.408 e. The fourth-order valence-corrected chi connectivity index (χ4v) is 5.88. The van der Waals surface area contributed by atoms with Crippen LogP contribution in [0.1, 0.15) is 80.5 Å². The Morgan fingerprint density at radius 1 is 0.975 bits per heavy atom. The number of nitrogens with one attached hydrogen (secondary N) is 1. The van der Waals surface area contributed by atoms with Crippen LogP contribution in [0.25, 0.3) is 0 Å². The van der Waals surface area contributed by atoms with Gasteiger partial charge >= 0.3 is 12.1 Å². The summed E-state index contributed by atoms with van der Waals surface area (Å²) in [6, 6.07) is 19.5. The van der Waals surface area contributed by atoms with Gasteiger partial charge in [0.2, 0.25) is 0 Å². The molecule has 3 rings (SSSR count). The summed E-state index contributed by atoms with van der Waals surface area (Å²) in [5.74, 6) is -0.462. The molecule has 1 heterocycles. The van der Waals surface area contributed by atoms with Crippen molar-refractivity contribution in [2.75, 3.05) is 7.11 Å². The maximum absolute atomic E-state index is 12.9. The van der Waals surface area contributed by atoms with Gasteiger partial charge in [-0.3, -0.25) is 4.79 Å². The van der Waals surface area contributed by atoms with Gasteiger partial charge in [0.15, 0.2) is 0 Å². The van der Waals surface area contributed by atoms with Gasteiger partial charge in [0.05, 0.1) is 22.0 Å². The number of rotatable bonds is 13. The standard InChI is InChI=1S/C32H42N2O5S/c1-7-27(37-6)29-21-33-30(40-29)25(18-23-14-10-8-11-15-23)20-28(38-22(2)35)26(19-24-16-12-9-13-17-24)34-31(36)39-32(3,4)5/h8-17,21,25-28H,7,18-20H2,1-6H3,(H,34,36)/t25?,26-,27+,28-/m0/s1. The van der Waals surface area contributed by atoms with Crippen molar-refractivity contribution >= 4 is 23.4 Å². The average Bonchev–Trinajstić information content (AvgIpc) is 3.38. The van der Waals surface area contributed by atoms with Gasteiger partial charge < -0.3 is 19.5 Å². The molecule has 0 saturated carbocycles. The Bertz CT molecular complexity index is 1190. The first kappa shape index (κ1) is 31.3. The highest BCUT2D eigenvalue weighted by Crippen LogP contribution is 2.35. The van der Waals surface area contributed by atoms with Crippen molar-refractivity contribution in [3.8, 4) is 0 Å². The number of benzene rings is 2. The number of methoxy groups -OCH3 is 1. The highest BCUT2D eigenvalue weighted by molar-refractivity contribution is 7.11. The van der Waals surface area contributed by atoms with Gasteiger partial charge in [-0.25, -0.2) is 9.78 Å². The summed E-state index contributed by atoms with van der Waals surface area (Å²) in [7, 11) is 1.71. The normalized spacial score (nSPS) is 14.6. The van der Waals surface area contributed by atoms with Crippen LogP contribution in [-0.4, -0.2) is 41.9 Å². The summed E-state index contributed by atoms with van der Waals surface area (Å²) in [5.41, 5.74) is 1.51. The third kappa shape index (κ3) is 10.1. The van der Waals surface area contributed by atoms with Crippen molar-refractivity contribution in [1.29, 1.82) is 0 Å². The molecule has 1 unspecified atom stereocenters. The molecule has 1 N–H and O–H groups in total. The van der Waals surface area contributed by atoms with Crippen LogP contribution in [0.3, 0.4) is 0 Å². The molecular formula is C32H42N2O5S. The van der Waals surface area contributed by atoms with Gasteiger partial charge in [0, 0.05) is 26.1 Å². The van der Waals surface area contributed by atoms with Crippen LogP contribution < -0.4 is 5.32 Å². The van der Waals surface area contributed by atoms with Gasteiger partial charge in [-0.2, -0.15) is 0 Å². The van der Waals surface area contributed by atoms with E-state index in [1.807, 2.05) is 75.5 Å². The Morgan fingerprint density at radius 3 is 2.10 bits per heavy atom. The second-order valence-corrected chi connectivity index (χ2v) is 12.0. The monoisotopic (exact) mass is 566 g/mol. The third-order valence-corrected chi connectivity index (χ3v) is 7.72. The third-order valence-electron chi connectivity index (χ3n) is 6.47. The number of alkyl carbamates (subject to hydrolysis) is 1. The summed E-state index contributed by atoms with van der Waals surface area (Å²) in [6.07, 6.45) is 3.20. The maximum Gasteiger partial charge on any atom is 0.408 e. The molecule has 1 amide bonds. The van der Waals surface area contributed by atoms with Crippen LogP contribution in [0.15, 0.2) is 66.9 Å². The first-order chi connectivity index (χ1) is 19.1. The minimum Gasteiger partial charge on any atom is -0.460 e. The lowest BCUT2D eigenvalue weighted by Crippen LogP contribution is -2.48. The Balaban J connectivity index is 1.97. The van der Waals surface area contributed by atoms with Crippen LogP contribution in [0, 0.1) is 0 Å². The molecule has 8 heteroatoms. The van der Waals surface area contributed by atoms with Gasteiger partial charge in [-0.1, -0.05) is 67.6 Å². The van der Waals surface area contributed by atoms with Crippen molar-refractivity contribution in [3.05, 3.63) is 87.9 Å². The molecule has 3 aromatic rings. The summed E-state index contributed by atoms with van der Waals surface area (Å²) < 4.78 is 17.2. The number of thiazole rings is 1. The number of carbonyl (C=O) groups excluding carboxylic acids is 2. The Kier molecular flexibility index (Phi) is 11.7. The molecule has 216 valence electrons. The molecule has 2 aromatic carbocycles. The quantitative estimate of drug-likeness (QED) is 0.224. The average molecular weight is 567 g/mol. The first-order valence-corrected chi connectivity index (χ1v) is 14.6. The second-order valence-electron chi connectivity index (χ2n) is 10.9. The van der Waals surface area contributed by atoms with E-state index in [0.29, 0.717) is 19.3 Å². The van der Waals surface area contributed by atoms with E-state index in [9.17, 15) is 9.59 Å². The topological polar surface area (TPSA) is 86.8 Å². The van der Waals surface area contributed by atoms with Crippen LogP contribution in [0.4, 0.5) is 4.79 Å². The van der Waals surface area contributed by atoms with Crippen molar-refractivity contribution in [1.82, 2.24) is 10.3 Å². The lowest BCUT2D eigenvalue weighted by Gasteiger charge is -2.31. The summed E-state index contributed by atoms with van der Waals surface area (Å²) in [4.78, 5) is 31.2. The van der Waals surface area contributed by atoms with Crippen molar-refractivity contribution in [2.24, 2.45) is 0 Å². The van der Waals surface area contributed by atoms with E-state index in [1.165, 1.54) is 6.92 Å². The van der Waals surface area contributed by atoms with Crippen molar-refractivity contribution in [2.45, 2.75) is 90.1 Å². The van der Waals surface area contributed by atoms with E-state index in [4.69, 9.17) is 19.2 Å². The number of amides is 1. The van der Waals surface area contributed by atoms with Gasteiger partial charge in [-0.05, 0) is 57.6 Å². The molecule has 0 aliphatic carbocycles. The number of carbonyl (C=O) groups is 2. The second kappa shape index (κ2) is 15.0. The first-order valence-electron chi connectivity index (χ1n) is 13.8. The van der Waals surface area contributed by atoms with Gasteiger partial charge in [-0.15, -0.1) is 11.3 Å². The molecule has 0 aliphatic rings. The maximum atomic E-state index is 12.9. The highest BCUT2D eigenvalue weighted by Gasteiger charge is 2.32. The summed E-state index contributed by atoms with van der Waals surface area (Å²) in [5, 5.41) is 3.96. The number of hydrogen-bond donors (Lipinski definition) is 1. The van der Waals surface area contributed by atoms with Crippen LogP contribution in [0.2, 0.25) is 0 Å². The Hall–Kier alpha value is -3.23. The number of nitrogens with zero attached hydrogens (tertiary/aromatic N) is 1. The number of ether oxygens (including phenoxy) is 3. The number of hydrogen-bond acceptors (Lipinski definition) is 7. The van der Waals surface area contributed by atoms with Gasteiger partial charge in [0.25, 0.3) is 0 Å². The fourth-order valence-electron chi connectivity index (χ4n) is 4.68. The molecule has 1 aromatic heterocycles. The minimum absolute atomic E-state index is 0.0208. The molecule has 40 heavy (non-hydrogen) atoms. The van der Waals surface area contributed by atoms with Crippen LogP contribution >= 0.6 is 11.3 Å². The van der Waals surface area contributed by atoms with E-state index in [-0.39, 0.29) is 12.0 Å². The van der Waals surface area contributed by atoms with E-state index >= 15 is 0 Å². The molecule has 4 atom stereocenters. The summed E-state index contributed by atoms with van der Waals surface area (Å²) in [6.45, 7) is 8.95. The lowest BCUT2D eigenvalue weighted by molar-refractivity contribution is -0.148. The largest absolute Gasteiger partial charge is 0.460 e. The SMILES string of the molecule is CC[C@@H](OC)c1cnc(C(Cc2ccccc2)C[C@H](OC(C)=O)[C@H](Cc2ccccc2)NC(=O)OC(C)(C)C)s1. The summed E-state index contributed by atoms with van der Waals surface area (Å²) >= 11 is 1.63. The Labute approximate surface area is 242 Å². The van der Waals surface area contributed by atoms with Crippen molar-refractivity contribution < 1.29 is 23.8 Å². The van der Waals surface area contributed by atoms with Crippen LogP contribution in [-0.2, 0) is 31.8 Å². The molecule has 7 nitrogen and oxygen atoms in total. The molecule has 0 bridgehead atoms. The van der Waals surface area contributed by atoms with E-state index in [0.717, 1.165) is 27.4 Å². The zero-order valence-corrected chi connectivity index (χ0v) is 25.2. The van der Waals surface area contributed by atoms with E-state index in [2.05, 4.69) is 24.4 Å². The van der Waals surface area contributed by atoms with Gasteiger partial charge in [0.1, 0.15) is 11.7 Å². The predicted octanol–water partition coefficient (Wildman–Crippen LogP) is 7.02. The minimum atomic E-state index is -0.664. The van der Waals surface area contributed by atoms with Crippen LogP contribution in [0.5, 0.6) is 0 Å². The lowest BCUT2D eigenvalue weighted by atomic mass is 9.89. The zero-order valence-electron chi connectivity index (χ0n) is 24.4. The van der Waals surface area contributed by atoms with Crippen molar-refractivity contribution in [3.63, 3.8) is 0 Å². The Morgan fingerprint density at radius 2 is 1.57 bits per heavy atom. The molecule has 0 fully saturated rings. The fraction of sp³-hybridized carbons (Fsp3) is 0.469. The molecule has 0 saturated heterocycles. The number of esters is 1. The van der Waals surface area contributed by atoms with E-state index in [1.54, 1.807) is 18.4 Å². The highest BCUT2D eigenvalue weighted by atomic mass is 32.1. The molecule has 0 spiro atoms. The molecule has 0 radical (unpaired) electrons.